The van der Waals surface area contributed by atoms with Gasteiger partial charge in [-0.1, -0.05) is 12.1 Å². The Morgan fingerprint density at radius 1 is 0.891 bits per heavy atom. The molecule has 46 heavy (non-hydrogen) atoms. The molecule has 4 aromatic heterocycles. The van der Waals surface area contributed by atoms with Gasteiger partial charge in [0.15, 0.2) is 11.3 Å². The first kappa shape index (κ1) is 29.8. The van der Waals surface area contributed by atoms with Crippen molar-refractivity contribution in [2.24, 2.45) is 0 Å². The summed E-state index contributed by atoms with van der Waals surface area (Å²) in [5, 5.41) is 19.6. The lowest BCUT2D eigenvalue weighted by atomic mass is 10.1. The first-order chi connectivity index (χ1) is 22.6. The number of aromatic nitrogens is 6. The van der Waals surface area contributed by atoms with Crippen LogP contribution < -0.4 is 20.7 Å². The van der Waals surface area contributed by atoms with E-state index in [0.717, 1.165) is 89.3 Å². The number of hydrogen-bond donors (Lipinski definition) is 3. The molecule has 5 aromatic rings. The normalized spacial score (nSPS) is 19.4. The highest BCUT2D eigenvalue weighted by Crippen LogP contribution is 2.29. The summed E-state index contributed by atoms with van der Waals surface area (Å²) < 4.78 is 16.3. The van der Waals surface area contributed by atoms with Crippen LogP contribution in [0.25, 0.3) is 28.0 Å². The molecule has 1 unspecified atom stereocenters. The fourth-order valence-corrected chi connectivity index (χ4v) is 5.82. The quantitative estimate of drug-likeness (QED) is 0.263. The summed E-state index contributed by atoms with van der Waals surface area (Å²) in [6.45, 7) is 9.96. The van der Waals surface area contributed by atoms with Gasteiger partial charge in [-0.15, -0.1) is 0 Å². The fourth-order valence-electron chi connectivity index (χ4n) is 5.82. The molecule has 238 valence electrons. The number of anilines is 2. The van der Waals surface area contributed by atoms with Crippen LogP contribution in [0.5, 0.6) is 5.75 Å². The van der Waals surface area contributed by atoms with Crippen molar-refractivity contribution in [3.8, 4) is 16.9 Å². The Morgan fingerprint density at radius 3 is 2.46 bits per heavy atom. The predicted molar refractivity (Wildman–Crippen MR) is 180 cm³/mol. The van der Waals surface area contributed by atoms with E-state index >= 15 is 0 Å². The van der Waals surface area contributed by atoms with Crippen LogP contribution in [-0.4, -0.2) is 92.6 Å². The van der Waals surface area contributed by atoms with Crippen molar-refractivity contribution in [3.63, 3.8) is 0 Å². The van der Waals surface area contributed by atoms with Crippen molar-refractivity contribution in [2.45, 2.75) is 26.3 Å². The van der Waals surface area contributed by atoms with E-state index in [1.807, 2.05) is 66.6 Å². The smallest absolute Gasteiger partial charge is 0.165 e. The maximum absolute atomic E-state index is 6.41. The van der Waals surface area contributed by atoms with Gasteiger partial charge in [0.05, 0.1) is 19.0 Å². The van der Waals surface area contributed by atoms with E-state index in [-0.39, 0.29) is 6.04 Å². The van der Waals surface area contributed by atoms with E-state index < -0.39 is 0 Å². The zero-order valence-corrected chi connectivity index (χ0v) is 26.3. The molecule has 3 N–H and O–H groups in total. The topological polar surface area (TPSA) is 118 Å². The second-order valence-corrected chi connectivity index (χ2v) is 11.6. The summed E-state index contributed by atoms with van der Waals surface area (Å²) in [4.78, 5) is 12.3. The van der Waals surface area contributed by atoms with Gasteiger partial charge in [0, 0.05) is 62.3 Å². The second-order valence-electron chi connectivity index (χ2n) is 11.6. The van der Waals surface area contributed by atoms with Gasteiger partial charge in [0.2, 0.25) is 0 Å². The molecule has 12 heteroatoms. The third-order valence-corrected chi connectivity index (χ3v) is 8.40. The third kappa shape index (κ3) is 6.53. The zero-order valence-electron chi connectivity index (χ0n) is 26.3. The molecule has 12 nitrogen and oxygen atoms in total. The number of benzene rings is 1. The molecule has 2 aliphatic rings. The van der Waals surface area contributed by atoms with E-state index in [2.05, 4.69) is 56.2 Å². The van der Waals surface area contributed by atoms with Crippen molar-refractivity contribution >= 4 is 28.5 Å². The van der Waals surface area contributed by atoms with Crippen molar-refractivity contribution in [1.29, 1.82) is 0 Å². The summed E-state index contributed by atoms with van der Waals surface area (Å²) in [5.41, 5.74) is 5.62. The third-order valence-electron chi connectivity index (χ3n) is 8.40. The number of rotatable bonds is 2. The first-order valence-electron chi connectivity index (χ1n) is 16.0. The average Bonchev–Trinajstić information content (AvgIpc) is 3.70. The molecule has 6 bridgehead atoms. The summed E-state index contributed by atoms with van der Waals surface area (Å²) in [7, 11) is 0. The SMILES string of the molecule is CC=C1C=C(CN2CCNc3ccn4ncc(c4n3)-c3cccc(c3)OCC2C)c2cnn3ccc(nc23)NCCNCCCO1. The monoisotopic (exact) mass is 620 g/mol. The average molecular weight is 621 g/mol. The molecular weight excluding hydrogens is 580 g/mol. The standard InChI is InChI=1S/C34H40N10O2/c1-3-27-19-26(30-21-39-44-14-8-31(40-34(30)44)36-12-11-35-10-5-17-45-27)22-42-16-13-37-32-9-15-43-33(41-32)29(20-38-43)25-6-4-7-28(18-25)46-23-24(42)2/h3-4,6-9,14-15,18-21,24,35H,5,10-13,16-17,22-23H2,1-2H3,(H,36,40)(H,37,41). The highest BCUT2D eigenvalue weighted by molar-refractivity contribution is 5.79. The minimum atomic E-state index is 0.0844. The van der Waals surface area contributed by atoms with Crippen LogP contribution in [0.3, 0.4) is 0 Å². The molecule has 0 saturated carbocycles. The van der Waals surface area contributed by atoms with Gasteiger partial charge in [-0.3, -0.25) is 4.90 Å². The minimum Gasteiger partial charge on any atom is -0.494 e. The Hall–Kier alpha value is -4.94. The number of nitrogens with one attached hydrogen (secondary N) is 3. The zero-order chi connectivity index (χ0) is 31.3. The fraction of sp³-hybridized carbons (Fsp3) is 0.353. The van der Waals surface area contributed by atoms with Gasteiger partial charge < -0.3 is 25.4 Å². The summed E-state index contributed by atoms with van der Waals surface area (Å²) in [5.74, 6) is 3.28. The van der Waals surface area contributed by atoms with Gasteiger partial charge in [-0.25, -0.2) is 19.0 Å². The molecule has 6 heterocycles. The van der Waals surface area contributed by atoms with Crippen molar-refractivity contribution < 1.29 is 9.47 Å². The molecule has 2 aliphatic heterocycles. The number of hydrogen-bond acceptors (Lipinski definition) is 10. The van der Waals surface area contributed by atoms with E-state index in [1.54, 1.807) is 4.52 Å². The minimum absolute atomic E-state index is 0.0844. The van der Waals surface area contributed by atoms with E-state index in [9.17, 15) is 0 Å². The Bertz CT molecular complexity index is 1880. The molecule has 0 spiro atoms. The highest BCUT2D eigenvalue weighted by Gasteiger charge is 2.21. The van der Waals surface area contributed by atoms with Crippen molar-refractivity contribution in [2.75, 3.05) is 63.1 Å². The highest BCUT2D eigenvalue weighted by atomic mass is 16.5. The van der Waals surface area contributed by atoms with Crippen LogP contribution >= 0.6 is 0 Å². The molecule has 7 rings (SSSR count). The van der Waals surface area contributed by atoms with E-state index in [0.29, 0.717) is 26.3 Å². The molecule has 0 aliphatic carbocycles. The van der Waals surface area contributed by atoms with Gasteiger partial charge in [0.1, 0.15) is 29.8 Å². The first-order valence-corrected chi connectivity index (χ1v) is 16.0. The Labute approximate surface area is 268 Å². The van der Waals surface area contributed by atoms with Gasteiger partial charge >= 0.3 is 0 Å². The maximum Gasteiger partial charge on any atom is 0.165 e. The molecular formula is C34H40N10O2. The summed E-state index contributed by atoms with van der Waals surface area (Å²) >= 11 is 0. The number of nitrogens with zero attached hydrogens (tertiary/aromatic N) is 7. The Balaban J connectivity index is 1.23. The molecule has 0 saturated heterocycles. The second kappa shape index (κ2) is 13.6. The van der Waals surface area contributed by atoms with E-state index in [4.69, 9.17) is 19.4 Å². The van der Waals surface area contributed by atoms with Crippen molar-refractivity contribution in [3.05, 3.63) is 84.7 Å². The lowest BCUT2D eigenvalue weighted by molar-refractivity contribution is 0.165. The van der Waals surface area contributed by atoms with Crippen LogP contribution in [0.4, 0.5) is 11.6 Å². The van der Waals surface area contributed by atoms with Gasteiger partial charge in [-0.2, -0.15) is 10.2 Å². The van der Waals surface area contributed by atoms with Gasteiger partial charge in [0.25, 0.3) is 0 Å². The molecule has 0 radical (unpaired) electrons. The van der Waals surface area contributed by atoms with Crippen LogP contribution in [-0.2, 0) is 4.74 Å². The van der Waals surface area contributed by atoms with E-state index in [1.165, 1.54) is 0 Å². The Morgan fingerprint density at radius 2 is 1.65 bits per heavy atom. The van der Waals surface area contributed by atoms with Crippen LogP contribution in [0.2, 0.25) is 0 Å². The molecule has 1 aromatic carbocycles. The number of allylic oxidation sites excluding steroid dienone is 2. The number of fused-ring (bicyclic) bond motifs is 5. The van der Waals surface area contributed by atoms with Crippen molar-refractivity contribution in [1.82, 2.24) is 39.4 Å². The summed E-state index contributed by atoms with van der Waals surface area (Å²) in [6, 6.07) is 12.2. The lowest BCUT2D eigenvalue weighted by Crippen LogP contribution is -2.41. The maximum atomic E-state index is 6.41. The molecule has 1 atom stereocenters. The predicted octanol–water partition coefficient (Wildman–Crippen LogP) is 4.34. The number of ether oxygens (including phenoxy) is 2. The van der Waals surface area contributed by atoms with Crippen LogP contribution in [0.1, 0.15) is 25.8 Å². The van der Waals surface area contributed by atoms with Gasteiger partial charge in [-0.05, 0) is 74.4 Å². The lowest BCUT2D eigenvalue weighted by Gasteiger charge is -2.30. The summed E-state index contributed by atoms with van der Waals surface area (Å²) in [6.07, 6.45) is 12.7. The molecule has 0 fully saturated rings. The van der Waals surface area contributed by atoms with Crippen LogP contribution in [0, 0.1) is 0 Å². The Kier molecular flexibility index (Phi) is 8.79. The molecule has 0 amide bonds. The van der Waals surface area contributed by atoms with Crippen LogP contribution in [0.15, 0.2) is 79.1 Å². The largest absolute Gasteiger partial charge is 0.494 e.